The van der Waals surface area contributed by atoms with E-state index in [1.54, 1.807) is 13.8 Å². The molecule has 0 N–H and O–H groups in total. The molecule has 0 aromatic heterocycles. The highest BCUT2D eigenvalue weighted by atomic mass is 32.2. The van der Waals surface area contributed by atoms with Gasteiger partial charge in [-0.25, -0.2) is 10.9 Å². The fourth-order valence-electron chi connectivity index (χ4n) is 1.41. The molecule has 0 saturated heterocycles. The molecule has 1 aromatic rings. The number of rotatable bonds is 5. The van der Waals surface area contributed by atoms with Crippen LogP contribution >= 0.6 is 10.9 Å². The monoisotopic (exact) mass is 224 g/mol. The van der Waals surface area contributed by atoms with Gasteiger partial charge in [0.05, 0.1) is 0 Å². The van der Waals surface area contributed by atoms with Crippen LogP contribution in [-0.2, 0) is 9.59 Å². The number of thiol groups is 1. The van der Waals surface area contributed by atoms with Crippen molar-refractivity contribution in [2.75, 3.05) is 11.5 Å². The topological polar surface area (TPSA) is 34.1 Å². The Bertz CT molecular complexity index is 330. The Morgan fingerprint density at radius 2 is 1.47 bits per heavy atom. The van der Waals surface area contributed by atoms with E-state index in [0.717, 1.165) is 4.90 Å². The second-order valence-corrected chi connectivity index (χ2v) is 5.82. The fourth-order valence-corrected chi connectivity index (χ4v) is 3.56. The Morgan fingerprint density at radius 1 is 1.00 bits per heavy atom. The standard InChI is InChI=1S/C12H16O2S/c1-10(13)8-15(9-11(2)14)12-6-4-3-5-7-12/h3-7,15H,8-9H2,1-2H3. The van der Waals surface area contributed by atoms with Crippen molar-refractivity contribution in [2.24, 2.45) is 0 Å². The molecule has 1 aromatic carbocycles. The lowest BCUT2D eigenvalue weighted by atomic mass is 10.4. The van der Waals surface area contributed by atoms with Crippen LogP contribution in [-0.4, -0.2) is 23.1 Å². The zero-order valence-corrected chi connectivity index (χ0v) is 9.96. The Balaban J connectivity index is 2.81. The number of carbonyl (C=O) groups excluding carboxylic acids is 2. The molecule has 82 valence electrons. The summed E-state index contributed by atoms with van der Waals surface area (Å²) >= 11 is 0. The van der Waals surface area contributed by atoms with Crippen LogP contribution in [0.4, 0.5) is 0 Å². The SMILES string of the molecule is CC(=O)C[SH](CC(C)=O)c1ccccc1. The third kappa shape index (κ3) is 4.30. The van der Waals surface area contributed by atoms with Gasteiger partial charge in [0.25, 0.3) is 0 Å². The van der Waals surface area contributed by atoms with Crippen LogP contribution in [0.5, 0.6) is 0 Å². The molecule has 3 heteroatoms. The summed E-state index contributed by atoms with van der Waals surface area (Å²) in [4.78, 5) is 23.4. The van der Waals surface area contributed by atoms with E-state index in [1.165, 1.54) is 0 Å². The molecule has 0 heterocycles. The molecular formula is C12H16O2S. The van der Waals surface area contributed by atoms with Gasteiger partial charge in [-0.3, -0.25) is 9.59 Å². The zero-order valence-electron chi connectivity index (χ0n) is 9.06. The van der Waals surface area contributed by atoms with Gasteiger partial charge in [-0.15, -0.1) is 0 Å². The minimum Gasteiger partial charge on any atom is -0.299 e. The number of hydrogen-bond acceptors (Lipinski definition) is 2. The first kappa shape index (κ1) is 12.0. The molecule has 15 heavy (non-hydrogen) atoms. The summed E-state index contributed by atoms with van der Waals surface area (Å²) in [7, 11) is -0.634. The Morgan fingerprint density at radius 3 is 1.87 bits per heavy atom. The van der Waals surface area contributed by atoms with Crippen molar-refractivity contribution >= 4 is 22.5 Å². The maximum Gasteiger partial charge on any atom is 0.138 e. The van der Waals surface area contributed by atoms with E-state index in [-0.39, 0.29) is 11.6 Å². The van der Waals surface area contributed by atoms with Gasteiger partial charge in [-0.1, -0.05) is 30.3 Å². The van der Waals surface area contributed by atoms with E-state index in [1.807, 2.05) is 30.3 Å². The van der Waals surface area contributed by atoms with E-state index in [9.17, 15) is 9.59 Å². The fraction of sp³-hybridized carbons (Fsp3) is 0.333. The molecule has 0 amide bonds. The van der Waals surface area contributed by atoms with Gasteiger partial charge >= 0.3 is 0 Å². The summed E-state index contributed by atoms with van der Waals surface area (Å²) in [6.07, 6.45) is 0. The van der Waals surface area contributed by atoms with Crippen LogP contribution in [0.15, 0.2) is 35.2 Å². The zero-order chi connectivity index (χ0) is 11.3. The number of ketones is 2. The van der Waals surface area contributed by atoms with Crippen LogP contribution in [0.1, 0.15) is 13.8 Å². The lowest BCUT2D eigenvalue weighted by Crippen LogP contribution is -2.08. The average Bonchev–Trinajstić information content (AvgIpc) is 2.17. The van der Waals surface area contributed by atoms with Gasteiger partial charge in [0.2, 0.25) is 0 Å². The third-order valence-electron chi connectivity index (χ3n) is 1.95. The van der Waals surface area contributed by atoms with Crippen molar-refractivity contribution < 1.29 is 9.59 Å². The van der Waals surface area contributed by atoms with Gasteiger partial charge in [0.1, 0.15) is 11.6 Å². The van der Waals surface area contributed by atoms with Crippen molar-refractivity contribution in [1.82, 2.24) is 0 Å². The molecule has 0 aliphatic heterocycles. The summed E-state index contributed by atoms with van der Waals surface area (Å²) in [5.74, 6) is 1.34. The van der Waals surface area contributed by atoms with Gasteiger partial charge in [0, 0.05) is 11.5 Å². The summed E-state index contributed by atoms with van der Waals surface area (Å²) in [5, 5.41) is 0. The van der Waals surface area contributed by atoms with Crippen LogP contribution < -0.4 is 0 Å². The lowest BCUT2D eigenvalue weighted by molar-refractivity contribution is -0.115. The summed E-state index contributed by atoms with van der Waals surface area (Å²) in [6.45, 7) is 3.16. The Hall–Kier alpha value is -1.09. The van der Waals surface area contributed by atoms with Crippen molar-refractivity contribution in [1.29, 1.82) is 0 Å². The first-order chi connectivity index (χ1) is 7.09. The van der Waals surface area contributed by atoms with Crippen LogP contribution in [0, 0.1) is 0 Å². The van der Waals surface area contributed by atoms with Crippen molar-refractivity contribution in [3.05, 3.63) is 30.3 Å². The number of hydrogen-bond donors (Lipinski definition) is 1. The van der Waals surface area contributed by atoms with E-state index >= 15 is 0 Å². The number of Topliss-reactive ketones (excluding diaryl/α,β-unsaturated/α-hetero) is 2. The largest absolute Gasteiger partial charge is 0.299 e. The molecule has 1 rings (SSSR count). The first-order valence-corrected chi connectivity index (χ1v) is 6.59. The number of carbonyl (C=O) groups is 2. The van der Waals surface area contributed by atoms with Gasteiger partial charge < -0.3 is 0 Å². The van der Waals surface area contributed by atoms with E-state index in [0.29, 0.717) is 11.5 Å². The van der Waals surface area contributed by atoms with Crippen LogP contribution in [0.25, 0.3) is 0 Å². The highest BCUT2D eigenvalue weighted by Gasteiger charge is 2.11. The molecule has 0 saturated carbocycles. The quantitative estimate of drug-likeness (QED) is 0.778. The normalized spacial score (nSPS) is 10.9. The summed E-state index contributed by atoms with van der Waals surface area (Å²) < 4.78 is 0. The number of benzene rings is 1. The van der Waals surface area contributed by atoms with Crippen molar-refractivity contribution in [3.8, 4) is 0 Å². The predicted molar refractivity (Wildman–Crippen MR) is 64.8 cm³/mol. The molecular weight excluding hydrogens is 208 g/mol. The predicted octanol–water partition coefficient (Wildman–Crippen LogP) is 2.22. The second kappa shape index (κ2) is 5.71. The molecule has 0 radical (unpaired) electrons. The summed E-state index contributed by atoms with van der Waals surface area (Å²) in [5.41, 5.74) is 0. The molecule has 0 aliphatic carbocycles. The van der Waals surface area contributed by atoms with E-state index in [2.05, 4.69) is 0 Å². The molecule has 0 spiro atoms. The molecule has 2 nitrogen and oxygen atoms in total. The molecule has 0 unspecified atom stereocenters. The second-order valence-electron chi connectivity index (χ2n) is 3.60. The van der Waals surface area contributed by atoms with Gasteiger partial charge in [0.15, 0.2) is 0 Å². The van der Waals surface area contributed by atoms with Crippen molar-refractivity contribution in [3.63, 3.8) is 0 Å². The molecule has 0 fully saturated rings. The Labute approximate surface area is 93.0 Å². The Kier molecular flexibility index (Phi) is 4.56. The summed E-state index contributed by atoms with van der Waals surface area (Å²) in [6, 6.07) is 9.84. The maximum atomic E-state index is 11.1. The van der Waals surface area contributed by atoms with Gasteiger partial charge in [-0.2, -0.15) is 0 Å². The van der Waals surface area contributed by atoms with Crippen LogP contribution in [0.2, 0.25) is 0 Å². The molecule has 0 aliphatic rings. The minimum atomic E-state index is -0.634. The first-order valence-electron chi connectivity index (χ1n) is 4.88. The van der Waals surface area contributed by atoms with E-state index < -0.39 is 10.9 Å². The highest BCUT2D eigenvalue weighted by molar-refractivity contribution is 8.18. The average molecular weight is 224 g/mol. The molecule has 0 bridgehead atoms. The lowest BCUT2D eigenvalue weighted by Gasteiger charge is -2.18. The van der Waals surface area contributed by atoms with E-state index in [4.69, 9.17) is 0 Å². The van der Waals surface area contributed by atoms with Crippen LogP contribution in [0.3, 0.4) is 0 Å². The maximum absolute atomic E-state index is 11.1. The smallest absolute Gasteiger partial charge is 0.138 e. The third-order valence-corrected chi connectivity index (χ3v) is 4.63. The van der Waals surface area contributed by atoms with Gasteiger partial charge in [-0.05, 0) is 18.7 Å². The minimum absolute atomic E-state index is 0.159. The van der Waals surface area contributed by atoms with Crippen molar-refractivity contribution in [2.45, 2.75) is 18.7 Å². The highest BCUT2D eigenvalue weighted by Crippen LogP contribution is 2.35. The molecule has 0 atom stereocenters.